The molecule has 1 unspecified atom stereocenters. The van der Waals surface area contributed by atoms with Gasteiger partial charge in [0.05, 0.1) is 24.8 Å². The Morgan fingerprint density at radius 2 is 2.12 bits per heavy atom. The number of carbonyl (C=O) groups excluding carboxylic acids is 1. The molecule has 0 saturated carbocycles. The van der Waals surface area contributed by atoms with Crippen molar-refractivity contribution in [3.8, 4) is 11.3 Å². The van der Waals surface area contributed by atoms with Crippen molar-refractivity contribution in [1.82, 2.24) is 9.88 Å². The third-order valence-corrected chi connectivity index (χ3v) is 4.33. The van der Waals surface area contributed by atoms with Crippen LogP contribution in [0.5, 0.6) is 0 Å². The van der Waals surface area contributed by atoms with Crippen molar-refractivity contribution in [1.29, 1.82) is 0 Å². The average molecular weight is 340 g/mol. The molecule has 1 fully saturated rings. The van der Waals surface area contributed by atoms with E-state index in [1.165, 1.54) is 0 Å². The van der Waals surface area contributed by atoms with Crippen molar-refractivity contribution in [2.24, 2.45) is 0 Å². The first-order valence-corrected chi connectivity index (χ1v) is 8.20. The molecule has 1 saturated heterocycles. The van der Waals surface area contributed by atoms with Gasteiger partial charge >= 0.3 is 5.97 Å². The van der Waals surface area contributed by atoms with Gasteiger partial charge in [0, 0.05) is 30.4 Å². The predicted octanol–water partition coefficient (Wildman–Crippen LogP) is 2.37. The molecule has 0 spiro atoms. The lowest BCUT2D eigenvalue weighted by molar-refractivity contribution is -0.141. The number of hydrogen-bond acceptors (Lipinski definition) is 4. The van der Waals surface area contributed by atoms with Gasteiger partial charge in [0.15, 0.2) is 0 Å². The smallest absolute Gasteiger partial charge is 0.306 e. The molecule has 0 bridgehead atoms. The second-order valence-electron chi connectivity index (χ2n) is 6.03. The molecule has 1 aliphatic heterocycles. The minimum atomic E-state index is -0.923. The van der Waals surface area contributed by atoms with Crippen LogP contribution in [0.1, 0.15) is 22.3 Å². The van der Waals surface area contributed by atoms with Crippen LogP contribution in [0.3, 0.4) is 0 Å². The lowest BCUT2D eigenvalue weighted by Gasteiger charge is -2.32. The van der Waals surface area contributed by atoms with Crippen LogP contribution < -0.4 is 0 Å². The molecule has 3 rings (SSSR count). The number of aromatic nitrogens is 1. The monoisotopic (exact) mass is 340 g/mol. The van der Waals surface area contributed by atoms with Crippen LogP contribution in [-0.4, -0.2) is 52.7 Å². The van der Waals surface area contributed by atoms with Gasteiger partial charge in [-0.1, -0.05) is 18.2 Å². The van der Waals surface area contributed by atoms with Gasteiger partial charge in [0.25, 0.3) is 5.91 Å². The predicted molar refractivity (Wildman–Crippen MR) is 92.3 cm³/mol. The average Bonchev–Trinajstić information content (AvgIpc) is 2.62. The van der Waals surface area contributed by atoms with Crippen LogP contribution in [0.15, 0.2) is 42.6 Å². The van der Waals surface area contributed by atoms with Crippen LogP contribution >= 0.6 is 0 Å². The first kappa shape index (κ1) is 17.1. The van der Waals surface area contributed by atoms with Crippen LogP contribution in [0, 0.1) is 6.92 Å². The third-order valence-electron chi connectivity index (χ3n) is 4.33. The zero-order valence-corrected chi connectivity index (χ0v) is 14.0. The highest BCUT2D eigenvalue weighted by Gasteiger charge is 2.27. The molecule has 1 aliphatic rings. The van der Waals surface area contributed by atoms with Gasteiger partial charge in [-0.2, -0.15) is 0 Å². The van der Waals surface area contributed by atoms with Crippen molar-refractivity contribution in [3.63, 3.8) is 0 Å². The molecular weight excluding hydrogens is 320 g/mol. The summed E-state index contributed by atoms with van der Waals surface area (Å²) in [6.45, 7) is 3.01. The van der Waals surface area contributed by atoms with Gasteiger partial charge in [-0.25, -0.2) is 0 Å². The van der Waals surface area contributed by atoms with Crippen LogP contribution in [0.25, 0.3) is 11.3 Å². The number of carboxylic acid groups (broad SMARTS) is 1. The number of amides is 1. The van der Waals surface area contributed by atoms with E-state index in [2.05, 4.69) is 4.98 Å². The minimum absolute atomic E-state index is 0.100. The molecule has 1 aromatic heterocycles. The number of morpholine rings is 1. The van der Waals surface area contributed by atoms with Gasteiger partial charge in [0.1, 0.15) is 0 Å². The second-order valence-corrected chi connectivity index (χ2v) is 6.03. The highest BCUT2D eigenvalue weighted by molar-refractivity contribution is 5.97. The van der Waals surface area contributed by atoms with Crippen LogP contribution in [-0.2, 0) is 9.53 Å². The topological polar surface area (TPSA) is 79.7 Å². The van der Waals surface area contributed by atoms with E-state index < -0.39 is 12.1 Å². The number of carboxylic acids is 1. The molecule has 0 radical (unpaired) electrons. The van der Waals surface area contributed by atoms with Gasteiger partial charge in [-0.15, -0.1) is 0 Å². The second kappa shape index (κ2) is 7.44. The number of ether oxygens (including phenoxy) is 1. The fourth-order valence-electron chi connectivity index (χ4n) is 3.06. The Bertz CT molecular complexity index is 776. The summed E-state index contributed by atoms with van der Waals surface area (Å²) >= 11 is 0. The highest BCUT2D eigenvalue weighted by Crippen LogP contribution is 2.25. The number of carbonyl (C=O) groups is 2. The van der Waals surface area contributed by atoms with E-state index in [9.17, 15) is 9.59 Å². The van der Waals surface area contributed by atoms with E-state index in [1.807, 2.05) is 37.3 Å². The summed E-state index contributed by atoms with van der Waals surface area (Å²) in [7, 11) is 0. The van der Waals surface area contributed by atoms with Gasteiger partial charge < -0.3 is 14.7 Å². The Kier molecular flexibility index (Phi) is 5.09. The Morgan fingerprint density at radius 1 is 1.28 bits per heavy atom. The number of aliphatic carboxylic acids is 1. The van der Waals surface area contributed by atoms with E-state index in [1.54, 1.807) is 17.2 Å². The number of rotatable bonds is 4. The summed E-state index contributed by atoms with van der Waals surface area (Å²) in [6, 6.07) is 11.3. The molecule has 2 aromatic rings. The maximum absolute atomic E-state index is 12.9. The standard InChI is InChI=1S/C19H20N2O4/c1-13-15(17-7-2-3-8-20-17)5-4-6-16(13)19(24)21-9-10-25-14(12-21)11-18(22)23/h2-8,14H,9-12H2,1H3,(H,22,23). The minimum Gasteiger partial charge on any atom is -0.481 e. The third kappa shape index (κ3) is 3.85. The Hall–Kier alpha value is -2.73. The van der Waals surface area contributed by atoms with Crippen LogP contribution in [0.2, 0.25) is 0 Å². The molecule has 1 amide bonds. The number of hydrogen-bond donors (Lipinski definition) is 1. The highest BCUT2D eigenvalue weighted by atomic mass is 16.5. The molecule has 25 heavy (non-hydrogen) atoms. The van der Waals surface area contributed by atoms with Crippen molar-refractivity contribution in [2.45, 2.75) is 19.4 Å². The molecule has 1 atom stereocenters. The Labute approximate surface area is 146 Å². The largest absolute Gasteiger partial charge is 0.481 e. The van der Waals surface area contributed by atoms with Crippen LogP contribution in [0.4, 0.5) is 0 Å². The summed E-state index contributed by atoms with van der Waals surface area (Å²) in [4.78, 5) is 29.8. The van der Waals surface area contributed by atoms with Gasteiger partial charge in [-0.3, -0.25) is 14.6 Å². The van der Waals surface area contributed by atoms with E-state index >= 15 is 0 Å². The zero-order chi connectivity index (χ0) is 17.8. The molecule has 1 aromatic carbocycles. The number of nitrogens with zero attached hydrogens (tertiary/aromatic N) is 2. The fraction of sp³-hybridized carbons (Fsp3) is 0.316. The Balaban J connectivity index is 1.84. The first-order chi connectivity index (χ1) is 12.1. The molecule has 1 N–H and O–H groups in total. The molecule has 2 heterocycles. The van der Waals surface area contributed by atoms with Crippen molar-refractivity contribution in [2.75, 3.05) is 19.7 Å². The number of benzene rings is 1. The molecule has 0 aliphatic carbocycles. The summed E-state index contributed by atoms with van der Waals surface area (Å²) in [5, 5.41) is 8.92. The van der Waals surface area contributed by atoms with E-state index in [0.717, 1.165) is 16.8 Å². The van der Waals surface area contributed by atoms with Gasteiger partial charge in [0.2, 0.25) is 0 Å². The van der Waals surface area contributed by atoms with E-state index in [-0.39, 0.29) is 12.3 Å². The van der Waals surface area contributed by atoms with Crippen molar-refractivity contribution >= 4 is 11.9 Å². The Morgan fingerprint density at radius 3 is 2.84 bits per heavy atom. The van der Waals surface area contributed by atoms with E-state index in [4.69, 9.17) is 9.84 Å². The maximum Gasteiger partial charge on any atom is 0.306 e. The van der Waals surface area contributed by atoms with Crippen molar-refractivity contribution in [3.05, 3.63) is 53.7 Å². The molecule has 6 heteroatoms. The lowest BCUT2D eigenvalue weighted by Crippen LogP contribution is -2.46. The molecule has 130 valence electrons. The SMILES string of the molecule is Cc1c(C(=O)N2CCOC(CC(=O)O)C2)cccc1-c1ccccn1. The summed E-state index contributed by atoms with van der Waals surface area (Å²) in [5.41, 5.74) is 3.22. The number of pyridine rings is 1. The summed E-state index contributed by atoms with van der Waals surface area (Å²) in [5.74, 6) is -1.03. The normalized spacial score (nSPS) is 17.3. The summed E-state index contributed by atoms with van der Waals surface area (Å²) < 4.78 is 5.44. The molecular formula is C19H20N2O4. The molecule has 6 nitrogen and oxygen atoms in total. The first-order valence-electron chi connectivity index (χ1n) is 8.20. The van der Waals surface area contributed by atoms with Gasteiger partial charge in [-0.05, 0) is 30.7 Å². The zero-order valence-electron chi connectivity index (χ0n) is 14.0. The quantitative estimate of drug-likeness (QED) is 0.924. The summed E-state index contributed by atoms with van der Waals surface area (Å²) in [6.07, 6.45) is 1.16. The van der Waals surface area contributed by atoms with Crippen molar-refractivity contribution < 1.29 is 19.4 Å². The fourth-order valence-corrected chi connectivity index (χ4v) is 3.06. The maximum atomic E-state index is 12.9. The lowest BCUT2D eigenvalue weighted by atomic mass is 9.98. The van der Waals surface area contributed by atoms with E-state index in [0.29, 0.717) is 25.3 Å².